The third-order valence-electron chi connectivity index (χ3n) is 3.55. The lowest BCUT2D eigenvalue weighted by molar-refractivity contribution is 0.900. The van der Waals surface area contributed by atoms with Crippen molar-refractivity contribution in [1.29, 1.82) is 0 Å². The lowest BCUT2D eigenvalue weighted by atomic mass is 10.1. The minimum Gasteiger partial charge on any atom is -0.308 e. The van der Waals surface area contributed by atoms with Crippen molar-refractivity contribution in [3.63, 3.8) is 0 Å². The molecule has 0 saturated carbocycles. The Morgan fingerprint density at radius 3 is 2.47 bits per heavy atom. The van der Waals surface area contributed by atoms with E-state index in [1.54, 1.807) is 0 Å². The molecule has 0 saturated heterocycles. The van der Waals surface area contributed by atoms with E-state index in [-0.39, 0.29) is 0 Å². The van der Waals surface area contributed by atoms with E-state index in [0.717, 1.165) is 42.2 Å². The van der Waals surface area contributed by atoms with Gasteiger partial charge in [0.2, 0.25) is 0 Å². The molecule has 0 fully saturated rings. The summed E-state index contributed by atoms with van der Waals surface area (Å²) in [5, 5.41) is 0. The summed E-state index contributed by atoms with van der Waals surface area (Å²) in [5.41, 5.74) is 8.53. The Balaban J connectivity index is 2.15. The summed E-state index contributed by atoms with van der Waals surface area (Å²) < 4.78 is 0. The number of nitrogens with one attached hydrogen (secondary N) is 1. The third-order valence-corrected chi connectivity index (χ3v) is 3.55. The number of nitrogens with two attached hydrogens (primary N) is 1. The molecule has 0 unspecified atom stereocenters. The number of benzene rings is 1. The van der Waals surface area contributed by atoms with Gasteiger partial charge in [-0.05, 0) is 45.2 Å². The molecule has 2 aromatic rings. The second-order valence-electron chi connectivity index (χ2n) is 5.20. The highest BCUT2D eigenvalue weighted by atomic mass is 15.3. The van der Waals surface area contributed by atoms with E-state index >= 15 is 0 Å². The van der Waals surface area contributed by atoms with Crippen LogP contribution < -0.4 is 11.3 Å². The number of hydrogen-bond donors (Lipinski definition) is 2. The van der Waals surface area contributed by atoms with E-state index in [0.29, 0.717) is 0 Å². The van der Waals surface area contributed by atoms with Gasteiger partial charge in [0, 0.05) is 16.8 Å². The van der Waals surface area contributed by atoms with Gasteiger partial charge in [0.25, 0.3) is 0 Å². The summed E-state index contributed by atoms with van der Waals surface area (Å²) in [5.74, 6) is 7.13. The minimum absolute atomic E-state index is 0.764. The zero-order valence-electron chi connectivity index (χ0n) is 11.3. The monoisotopic (exact) mass is 254 g/mol. The number of anilines is 1. The van der Waals surface area contributed by atoms with Crippen molar-refractivity contribution in [1.82, 2.24) is 9.97 Å². The van der Waals surface area contributed by atoms with E-state index in [4.69, 9.17) is 10.8 Å². The summed E-state index contributed by atoms with van der Waals surface area (Å²) in [7, 11) is 0. The number of nitrogen functional groups attached to an aromatic ring is 1. The highest BCUT2D eigenvalue weighted by Crippen LogP contribution is 2.29. The minimum atomic E-state index is 0.764. The van der Waals surface area contributed by atoms with Crippen LogP contribution in [0.1, 0.15) is 28.8 Å². The number of hydrazine groups is 1. The molecule has 0 amide bonds. The fourth-order valence-corrected chi connectivity index (χ4v) is 2.78. The van der Waals surface area contributed by atoms with Gasteiger partial charge in [0.1, 0.15) is 5.82 Å². The average molecular weight is 254 g/mol. The van der Waals surface area contributed by atoms with Crippen molar-refractivity contribution in [3.05, 3.63) is 40.6 Å². The topological polar surface area (TPSA) is 63.8 Å². The van der Waals surface area contributed by atoms with Crippen LogP contribution in [0.2, 0.25) is 0 Å². The highest BCUT2D eigenvalue weighted by Gasteiger charge is 2.19. The van der Waals surface area contributed by atoms with Gasteiger partial charge in [0.15, 0.2) is 5.82 Å². The van der Waals surface area contributed by atoms with Crippen LogP contribution in [0.5, 0.6) is 0 Å². The maximum atomic E-state index is 5.59. The van der Waals surface area contributed by atoms with Crippen molar-refractivity contribution >= 4 is 5.82 Å². The van der Waals surface area contributed by atoms with Crippen molar-refractivity contribution in [3.8, 4) is 11.4 Å². The third kappa shape index (κ3) is 2.19. The molecule has 3 N–H and O–H groups in total. The molecule has 0 atom stereocenters. The zero-order chi connectivity index (χ0) is 13.4. The predicted octanol–water partition coefficient (Wildman–Crippen LogP) is 2.53. The number of nitrogens with zero attached hydrogens (tertiary/aromatic N) is 2. The van der Waals surface area contributed by atoms with Crippen LogP contribution in [0, 0.1) is 13.8 Å². The molecule has 0 spiro atoms. The Morgan fingerprint density at radius 2 is 1.79 bits per heavy atom. The first kappa shape index (κ1) is 12.1. The highest BCUT2D eigenvalue weighted by molar-refractivity contribution is 5.62. The summed E-state index contributed by atoms with van der Waals surface area (Å²) in [4.78, 5) is 9.28. The Morgan fingerprint density at radius 1 is 1.05 bits per heavy atom. The average Bonchev–Trinajstić information content (AvgIpc) is 2.84. The molecule has 1 heterocycles. The molecular formula is C15H18N4. The summed E-state index contributed by atoms with van der Waals surface area (Å²) in [6.07, 6.45) is 3.17. The molecule has 19 heavy (non-hydrogen) atoms. The van der Waals surface area contributed by atoms with Gasteiger partial charge in [-0.3, -0.25) is 0 Å². The first-order chi connectivity index (χ1) is 9.17. The van der Waals surface area contributed by atoms with E-state index in [1.165, 1.54) is 16.7 Å². The Kier molecular flexibility index (Phi) is 2.95. The summed E-state index contributed by atoms with van der Waals surface area (Å²) in [6.45, 7) is 4.18. The van der Waals surface area contributed by atoms with Gasteiger partial charge in [-0.2, -0.15) is 0 Å². The summed E-state index contributed by atoms with van der Waals surface area (Å²) in [6, 6.07) is 6.38. The number of aryl methyl sites for hydroxylation is 3. The van der Waals surface area contributed by atoms with Gasteiger partial charge in [-0.25, -0.2) is 15.8 Å². The van der Waals surface area contributed by atoms with Crippen molar-refractivity contribution < 1.29 is 0 Å². The van der Waals surface area contributed by atoms with Crippen LogP contribution in [-0.2, 0) is 12.8 Å². The molecule has 1 aromatic heterocycles. The predicted molar refractivity (Wildman–Crippen MR) is 76.8 cm³/mol. The number of rotatable bonds is 2. The number of aromatic nitrogens is 2. The van der Waals surface area contributed by atoms with Gasteiger partial charge >= 0.3 is 0 Å². The molecule has 3 rings (SSSR count). The van der Waals surface area contributed by atoms with E-state index in [1.807, 2.05) is 0 Å². The SMILES string of the molecule is Cc1cc(C)cc(-c2nc3c(c(NN)n2)CCC3)c1. The molecule has 4 heteroatoms. The van der Waals surface area contributed by atoms with Crippen molar-refractivity contribution in [2.45, 2.75) is 33.1 Å². The second kappa shape index (κ2) is 4.63. The second-order valence-corrected chi connectivity index (χ2v) is 5.20. The Bertz CT molecular complexity index is 614. The Labute approximate surface area is 113 Å². The van der Waals surface area contributed by atoms with E-state index in [9.17, 15) is 0 Å². The van der Waals surface area contributed by atoms with Gasteiger partial charge in [-0.1, -0.05) is 17.2 Å². The molecule has 98 valence electrons. The maximum absolute atomic E-state index is 5.59. The quantitative estimate of drug-likeness (QED) is 0.638. The molecule has 1 aliphatic carbocycles. The standard InChI is InChI=1S/C15H18N4/c1-9-6-10(2)8-11(7-9)14-17-13-5-3-4-12(13)15(18-14)19-16/h6-8H,3-5,16H2,1-2H3,(H,17,18,19). The van der Waals surface area contributed by atoms with Gasteiger partial charge in [0.05, 0.1) is 0 Å². The molecule has 0 radical (unpaired) electrons. The summed E-state index contributed by atoms with van der Waals surface area (Å²) >= 11 is 0. The fraction of sp³-hybridized carbons (Fsp3) is 0.333. The van der Waals surface area contributed by atoms with Crippen molar-refractivity contribution in [2.24, 2.45) is 5.84 Å². The lowest BCUT2D eigenvalue weighted by Gasteiger charge is -2.10. The van der Waals surface area contributed by atoms with E-state index in [2.05, 4.69) is 42.5 Å². The normalized spacial score (nSPS) is 13.4. The lowest BCUT2D eigenvalue weighted by Crippen LogP contribution is -2.12. The van der Waals surface area contributed by atoms with Crippen LogP contribution in [0.3, 0.4) is 0 Å². The van der Waals surface area contributed by atoms with Crippen LogP contribution in [0.15, 0.2) is 18.2 Å². The molecular weight excluding hydrogens is 236 g/mol. The molecule has 1 aliphatic rings. The maximum Gasteiger partial charge on any atom is 0.161 e. The largest absolute Gasteiger partial charge is 0.308 e. The van der Waals surface area contributed by atoms with Crippen LogP contribution >= 0.6 is 0 Å². The van der Waals surface area contributed by atoms with Crippen LogP contribution in [-0.4, -0.2) is 9.97 Å². The van der Waals surface area contributed by atoms with Crippen LogP contribution in [0.4, 0.5) is 5.82 Å². The Hall–Kier alpha value is -1.94. The molecule has 0 aliphatic heterocycles. The fourth-order valence-electron chi connectivity index (χ4n) is 2.78. The molecule has 1 aromatic carbocycles. The molecule has 4 nitrogen and oxygen atoms in total. The molecule has 0 bridgehead atoms. The smallest absolute Gasteiger partial charge is 0.161 e. The zero-order valence-corrected chi connectivity index (χ0v) is 11.3. The number of hydrogen-bond acceptors (Lipinski definition) is 4. The van der Waals surface area contributed by atoms with E-state index < -0.39 is 0 Å². The first-order valence-corrected chi connectivity index (χ1v) is 6.62. The number of fused-ring (bicyclic) bond motifs is 1. The first-order valence-electron chi connectivity index (χ1n) is 6.62. The van der Waals surface area contributed by atoms with Gasteiger partial charge in [-0.15, -0.1) is 0 Å². The van der Waals surface area contributed by atoms with Gasteiger partial charge < -0.3 is 5.43 Å². The van der Waals surface area contributed by atoms with Crippen LogP contribution in [0.25, 0.3) is 11.4 Å². The van der Waals surface area contributed by atoms with Crippen molar-refractivity contribution in [2.75, 3.05) is 5.43 Å².